The Balaban J connectivity index is 2.44. The van der Waals surface area contributed by atoms with Crippen molar-refractivity contribution >= 4 is 5.91 Å². The van der Waals surface area contributed by atoms with Crippen LogP contribution < -0.4 is 5.32 Å². The fourth-order valence-corrected chi connectivity index (χ4v) is 1.10. The summed E-state index contributed by atoms with van der Waals surface area (Å²) in [5.41, 5.74) is 0.732. The lowest BCUT2D eigenvalue weighted by atomic mass is 10.1. The molecular formula is C12H17NO. The molecule has 0 fully saturated rings. The minimum Gasteiger partial charge on any atom is -0.352 e. The summed E-state index contributed by atoms with van der Waals surface area (Å²) in [6, 6.07) is 9.31. The highest BCUT2D eigenvalue weighted by molar-refractivity contribution is 5.94. The van der Waals surface area contributed by atoms with Gasteiger partial charge in [0.25, 0.3) is 5.91 Å². The third-order valence-electron chi connectivity index (χ3n) is 2.34. The summed E-state index contributed by atoms with van der Waals surface area (Å²) in [7, 11) is 0. The van der Waals surface area contributed by atoms with E-state index in [0.29, 0.717) is 5.92 Å². The molecule has 2 nitrogen and oxygen atoms in total. The molecule has 1 aromatic rings. The van der Waals surface area contributed by atoms with Gasteiger partial charge >= 0.3 is 0 Å². The number of carbonyl (C=O) groups excluding carboxylic acids is 1. The molecule has 0 radical (unpaired) electrons. The molecule has 0 aliphatic carbocycles. The molecule has 0 saturated heterocycles. The van der Waals surface area contributed by atoms with E-state index in [-0.39, 0.29) is 5.91 Å². The Labute approximate surface area is 85.3 Å². The van der Waals surface area contributed by atoms with Gasteiger partial charge in [0.05, 0.1) is 0 Å². The molecule has 1 aromatic carbocycles. The van der Waals surface area contributed by atoms with Crippen LogP contribution in [0, 0.1) is 5.92 Å². The minimum absolute atomic E-state index is 0.0194. The molecule has 0 saturated carbocycles. The van der Waals surface area contributed by atoms with E-state index in [0.717, 1.165) is 18.5 Å². The van der Waals surface area contributed by atoms with Gasteiger partial charge in [-0.2, -0.15) is 0 Å². The van der Waals surface area contributed by atoms with Gasteiger partial charge < -0.3 is 5.32 Å². The lowest BCUT2D eigenvalue weighted by molar-refractivity contribution is 0.0948. The van der Waals surface area contributed by atoms with Crippen LogP contribution in [0.15, 0.2) is 30.3 Å². The van der Waals surface area contributed by atoms with Crippen molar-refractivity contribution in [3.8, 4) is 0 Å². The maximum Gasteiger partial charge on any atom is 0.251 e. The Kier molecular flexibility index (Phi) is 4.17. The second-order valence-electron chi connectivity index (χ2n) is 3.59. The predicted molar refractivity (Wildman–Crippen MR) is 58.2 cm³/mol. The van der Waals surface area contributed by atoms with E-state index in [1.165, 1.54) is 0 Å². The van der Waals surface area contributed by atoms with Crippen LogP contribution >= 0.6 is 0 Å². The van der Waals surface area contributed by atoms with Crippen LogP contribution in [-0.2, 0) is 0 Å². The molecule has 0 heterocycles. The maximum atomic E-state index is 11.6. The number of hydrogen-bond donors (Lipinski definition) is 1. The highest BCUT2D eigenvalue weighted by atomic mass is 16.1. The second kappa shape index (κ2) is 5.43. The average molecular weight is 191 g/mol. The molecular weight excluding hydrogens is 174 g/mol. The van der Waals surface area contributed by atoms with Gasteiger partial charge in [0.15, 0.2) is 0 Å². The van der Waals surface area contributed by atoms with Crippen molar-refractivity contribution in [2.24, 2.45) is 5.92 Å². The monoisotopic (exact) mass is 191 g/mol. The Morgan fingerprint density at radius 3 is 2.57 bits per heavy atom. The van der Waals surface area contributed by atoms with Gasteiger partial charge in [-0.3, -0.25) is 4.79 Å². The van der Waals surface area contributed by atoms with Gasteiger partial charge in [-0.1, -0.05) is 38.5 Å². The Morgan fingerprint density at radius 1 is 1.36 bits per heavy atom. The van der Waals surface area contributed by atoms with Crippen molar-refractivity contribution in [3.05, 3.63) is 35.9 Å². The Hall–Kier alpha value is -1.31. The van der Waals surface area contributed by atoms with Crippen LogP contribution in [0.4, 0.5) is 0 Å². The fourth-order valence-electron chi connectivity index (χ4n) is 1.10. The first-order valence-corrected chi connectivity index (χ1v) is 5.07. The van der Waals surface area contributed by atoms with Gasteiger partial charge in [-0.05, 0) is 18.1 Å². The quantitative estimate of drug-likeness (QED) is 0.778. The summed E-state index contributed by atoms with van der Waals surface area (Å²) in [5, 5.41) is 2.91. The van der Waals surface area contributed by atoms with Crippen LogP contribution in [-0.4, -0.2) is 12.5 Å². The number of hydrogen-bond acceptors (Lipinski definition) is 1. The van der Waals surface area contributed by atoms with Crippen molar-refractivity contribution in [1.29, 1.82) is 0 Å². The molecule has 0 spiro atoms. The largest absolute Gasteiger partial charge is 0.352 e. The van der Waals surface area contributed by atoms with E-state index in [1.807, 2.05) is 30.3 Å². The predicted octanol–water partition coefficient (Wildman–Crippen LogP) is 2.46. The molecule has 2 heteroatoms. The molecule has 1 amide bonds. The fraction of sp³-hybridized carbons (Fsp3) is 0.417. The number of amides is 1. The zero-order valence-electron chi connectivity index (χ0n) is 8.79. The molecule has 1 unspecified atom stereocenters. The highest BCUT2D eigenvalue weighted by Gasteiger charge is 2.05. The minimum atomic E-state index is 0.0194. The summed E-state index contributed by atoms with van der Waals surface area (Å²) in [4.78, 5) is 11.6. The molecule has 0 aliphatic rings. The van der Waals surface area contributed by atoms with E-state index < -0.39 is 0 Å². The Morgan fingerprint density at radius 2 is 2.00 bits per heavy atom. The lowest BCUT2D eigenvalue weighted by Crippen LogP contribution is -2.27. The van der Waals surface area contributed by atoms with Gasteiger partial charge in [0.2, 0.25) is 0 Å². The number of rotatable bonds is 4. The summed E-state index contributed by atoms with van der Waals surface area (Å²) < 4.78 is 0. The first-order chi connectivity index (χ1) is 6.74. The number of benzene rings is 1. The summed E-state index contributed by atoms with van der Waals surface area (Å²) in [5.74, 6) is 0.563. The van der Waals surface area contributed by atoms with Crippen molar-refractivity contribution in [2.45, 2.75) is 20.3 Å². The second-order valence-corrected chi connectivity index (χ2v) is 3.59. The molecule has 0 aliphatic heterocycles. The van der Waals surface area contributed by atoms with Gasteiger partial charge in [-0.15, -0.1) is 0 Å². The van der Waals surface area contributed by atoms with Crippen LogP contribution in [0.1, 0.15) is 30.6 Å². The molecule has 14 heavy (non-hydrogen) atoms. The third kappa shape index (κ3) is 3.21. The standard InChI is InChI=1S/C12H17NO/c1-3-10(2)9-13-12(14)11-7-5-4-6-8-11/h4-8,10H,3,9H2,1-2H3,(H,13,14). The summed E-state index contributed by atoms with van der Waals surface area (Å²) >= 11 is 0. The summed E-state index contributed by atoms with van der Waals surface area (Å²) in [6.07, 6.45) is 1.09. The normalized spacial score (nSPS) is 12.1. The molecule has 1 rings (SSSR count). The number of carbonyl (C=O) groups is 1. The number of nitrogens with one attached hydrogen (secondary N) is 1. The highest BCUT2D eigenvalue weighted by Crippen LogP contribution is 2.00. The zero-order chi connectivity index (χ0) is 10.4. The first kappa shape index (κ1) is 10.8. The zero-order valence-corrected chi connectivity index (χ0v) is 8.79. The van der Waals surface area contributed by atoms with E-state index >= 15 is 0 Å². The third-order valence-corrected chi connectivity index (χ3v) is 2.34. The SMILES string of the molecule is CCC(C)CNC(=O)c1ccccc1. The van der Waals surface area contributed by atoms with Crippen molar-refractivity contribution < 1.29 is 4.79 Å². The molecule has 76 valence electrons. The van der Waals surface area contributed by atoms with Gasteiger partial charge in [0, 0.05) is 12.1 Å². The molecule has 1 N–H and O–H groups in total. The van der Waals surface area contributed by atoms with E-state index in [9.17, 15) is 4.79 Å². The Bertz CT molecular complexity index is 282. The van der Waals surface area contributed by atoms with Gasteiger partial charge in [-0.25, -0.2) is 0 Å². The molecule has 1 atom stereocenters. The summed E-state index contributed by atoms with van der Waals surface area (Å²) in [6.45, 7) is 5.01. The van der Waals surface area contributed by atoms with Crippen LogP contribution in [0.25, 0.3) is 0 Å². The van der Waals surface area contributed by atoms with Crippen LogP contribution in [0.2, 0.25) is 0 Å². The van der Waals surface area contributed by atoms with E-state index in [4.69, 9.17) is 0 Å². The molecule has 0 aromatic heterocycles. The van der Waals surface area contributed by atoms with Crippen molar-refractivity contribution in [1.82, 2.24) is 5.32 Å². The smallest absolute Gasteiger partial charge is 0.251 e. The van der Waals surface area contributed by atoms with Gasteiger partial charge in [0.1, 0.15) is 0 Å². The van der Waals surface area contributed by atoms with E-state index in [1.54, 1.807) is 0 Å². The van der Waals surface area contributed by atoms with Crippen LogP contribution in [0.3, 0.4) is 0 Å². The van der Waals surface area contributed by atoms with Crippen molar-refractivity contribution in [3.63, 3.8) is 0 Å². The van der Waals surface area contributed by atoms with Crippen molar-refractivity contribution in [2.75, 3.05) is 6.54 Å². The molecule has 0 bridgehead atoms. The maximum absolute atomic E-state index is 11.6. The first-order valence-electron chi connectivity index (χ1n) is 5.07. The lowest BCUT2D eigenvalue weighted by Gasteiger charge is -2.09. The average Bonchev–Trinajstić information content (AvgIpc) is 2.26. The topological polar surface area (TPSA) is 29.1 Å². The van der Waals surface area contributed by atoms with E-state index in [2.05, 4.69) is 19.2 Å². The van der Waals surface area contributed by atoms with Crippen LogP contribution in [0.5, 0.6) is 0 Å².